The van der Waals surface area contributed by atoms with Crippen molar-refractivity contribution in [1.29, 1.82) is 0 Å². The molecule has 0 atom stereocenters. The van der Waals surface area contributed by atoms with E-state index >= 15 is 0 Å². The van der Waals surface area contributed by atoms with Crippen molar-refractivity contribution in [2.24, 2.45) is 5.10 Å². The number of nitrogens with one attached hydrogen (secondary N) is 1. The lowest BCUT2D eigenvalue weighted by atomic mass is 10.1. The summed E-state index contributed by atoms with van der Waals surface area (Å²) in [5.41, 5.74) is 6.32. The van der Waals surface area contributed by atoms with E-state index in [2.05, 4.69) is 36.7 Å². The largest absolute Gasteiger partial charge is 0.507 e. The number of fused-ring (bicyclic) bond motifs is 1. The van der Waals surface area contributed by atoms with Crippen molar-refractivity contribution < 1.29 is 5.11 Å². The number of hydrogen-bond donors (Lipinski definition) is 2. The number of nitrogens with zero attached hydrogens (tertiary/aromatic N) is 6. The van der Waals surface area contributed by atoms with Gasteiger partial charge in [-0.05, 0) is 24.6 Å². The zero-order chi connectivity index (χ0) is 21.6. The van der Waals surface area contributed by atoms with Crippen molar-refractivity contribution in [3.8, 4) is 18.1 Å². The molecule has 2 N–H and O–H groups in total. The molecule has 0 bridgehead atoms. The minimum atomic E-state index is 0.150. The van der Waals surface area contributed by atoms with Crippen LogP contribution in [0.2, 0.25) is 0 Å². The minimum Gasteiger partial charge on any atom is -0.507 e. The zero-order valence-corrected chi connectivity index (χ0v) is 17.5. The second-order valence-corrected chi connectivity index (χ2v) is 7.52. The van der Waals surface area contributed by atoms with Crippen molar-refractivity contribution in [2.45, 2.75) is 18.6 Å². The Morgan fingerprint density at radius 1 is 1.16 bits per heavy atom. The van der Waals surface area contributed by atoms with Gasteiger partial charge in [0.1, 0.15) is 5.75 Å². The summed E-state index contributed by atoms with van der Waals surface area (Å²) in [6.07, 6.45) is 5.40. The van der Waals surface area contributed by atoms with Gasteiger partial charge in [0.15, 0.2) is 22.1 Å². The molecular weight excluding hydrogens is 410 g/mol. The van der Waals surface area contributed by atoms with Gasteiger partial charge >= 0.3 is 0 Å². The summed E-state index contributed by atoms with van der Waals surface area (Å²) in [6, 6.07) is 16.9. The summed E-state index contributed by atoms with van der Waals surface area (Å²) < 4.78 is 1.72. The number of thioether (sulfide) groups is 1. The van der Waals surface area contributed by atoms with E-state index < -0.39 is 0 Å². The van der Waals surface area contributed by atoms with E-state index in [1.54, 1.807) is 29.8 Å². The topological polar surface area (TPSA) is 101 Å². The Labute approximate surface area is 183 Å². The summed E-state index contributed by atoms with van der Waals surface area (Å²) in [6.45, 7) is 2.31. The Morgan fingerprint density at radius 2 is 1.94 bits per heavy atom. The molecule has 0 spiro atoms. The predicted molar refractivity (Wildman–Crippen MR) is 122 cm³/mol. The zero-order valence-electron chi connectivity index (χ0n) is 16.7. The van der Waals surface area contributed by atoms with E-state index in [1.165, 1.54) is 11.8 Å². The smallest absolute Gasteiger partial charge is 0.192 e. The Morgan fingerprint density at radius 3 is 2.71 bits per heavy atom. The van der Waals surface area contributed by atoms with Gasteiger partial charge in [-0.1, -0.05) is 65.4 Å². The Hall–Kier alpha value is -3.90. The van der Waals surface area contributed by atoms with Crippen molar-refractivity contribution in [1.82, 2.24) is 25.0 Å². The normalized spacial score (nSPS) is 11.4. The van der Waals surface area contributed by atoms with Crippen LogP contribution in [0.15, 0.2) is 64.9 Å². The third-order valence-electron chi connectivity index (χ3n) is 4.43. The van der Waals surface area contributed by atoms with Crippen molar-refractivity contribution in [2.75, 3.05) is 11.2 Å². The number of rotatable bonds is 7. The molecule has 0 saturated heterocycles. The minimum absolute atomic E-state index is 0.150. The number of hydrogen-bond acceptors (Lipinski definition) is 8. The molecule has 0 aliphatic rings. The lowest BCUT2D eigenvalue weighted by Gasteiger charge is -2.07. The van der Waals surface area contributed by atoms with Gasteiger partial charge < -0.3 is 5.11 Å². The molecule has 0 unspecified atom stereocenters. The molecular formula is C22H19N7OS. The van der Waals surface area contributed by atoms with Gasteiger partial charge in [0.05, 0.1) is 18.0 Å². The number of aromatic nitrogens is 5. The van der Waals surface area contributed by atoms with Crippen LogP contribution in [0.4, 0.5) is 5.82 Å². The van der Waals surface area contributed by atoms with Gasteiger partial charge in [0.25, 0.3) is 0 Å². The average molecular weight is 430 g/mol. The van der Waals surface area contributed by atoms with E-state index in [9.17, 15) is 5.11 Å². The van der Waals surface area contributed by atoms with E-state index in [4.69, 9.17) is 6.42 Å². The second kappa shape index (κ2) is 9.28. The van der Waals surface area contributed by atoms with E-state index in [0.29, 0.717) is 45.7 Å². The fraction of sp³-hybridized carbons (Fsp3) is 0.136. The highest BCUT2D eigenvalue weighted by Gasteiger charge is 2.15. The maximum Gasteiger partial charge on any atom is 0.192 e. The number of phenols is 1. The lowest BCUT2D eigenvalue weighted by Crippen LogP contribution is -2.05. The van der Waals surface area contributed by atoms with Crippen molar-refractivity contribution in [3.63, 3.8) is 0 Å². The summed E-state index contributed by atoms with van der Waals surface area (Å²) in [7, 11) is 0. The highest BCUT2D eigenvalue weighted by molar-refractivity contribution is 7.99. The molecule has 0 radical (unpaired) electrons. The molecule has 154 valence electrons. The maximum absolute atomic E-state index is 10.1. The lowest BCUT2D eigenvalue weighted by molar-refractivity contribution is 0.474. The average Bonchev–Trinajstić information content (AvgIpc) is 3.19. The van der Waals surface area contributed by atoms with Gasteiger partial charge in [-0.3, -0.25) is 5.43 Å². The molecule has 0 aliphatic heterocycles. The van der Waals surface area contributed by atoms with Gasteiger partial charge in [-0.25, -0.2) is 14.6 Å². The molecule has 2 aromatic heterocycles. The standard InChI is InChI=1S/C22H19N7OS/c1-3-13-31-22-23-20(27-25-15(2)17-11-7-8-12-18(17)30)19-21(24-22)29(28-26-19)14-16-9-5-4-6-10-16/h1,4-12,30H,13-14H2,2H3,(H,23,24,27)/b25-15+. The number of terminal acetylenes is 1. The van der Waals surface area contributed by atoms with Crippen molar-refractivity contribution >= 4 is 34.5 Å². The summed E-state index contributed by atoms with van der Waals surface area (Å²) in [5, 5.41) is 23.5. The van der Waals surface area contributed by atoms with Crippen LogP contribution in [-0.2, 0) is 6.54 Å². The van der Waals surface area contributed by atoms with E-state index in [-0.39, 0.29) is 5.75 Å². The highest BCUT2D eigenvalue weighted by atomic mass is 32.2. The Bertz CT molecular complexity index is 1280. The van der Waals surface area contributed by atoms with Gasteiger partial charge in [-0.15, -0.1) is 11.5 Å². The first-order valence-corrected chi connectivity index (χ1v) is 10.4. The van der Waals surface area contributed by atoms with Crippen LogP contribution in [0.3, 0.4) is 0 Å². The number of para-hydroxylation sites is 1. The molecule has 0 aliphatic carbocycles. The quantitative estimate of drug-likeness (QED) is 0.152. The van der Waals surface area contributed by atoms with Crippen LogP contribution in [0.25, 0.3) is 11.2 Å². The molecule has 4 aromatic rings. The SMILES string of the molecule is C#CCSc1nc(N/N=C(\C)c2ccccc2O)c2nnn(Cc3ccccc3)c2n1. The second-order valence-electron chi connectivity index (χ2n) is 6.58. The number of hydrazone groups is 1. The first-order valence-electron chi connectivity index (χ1n) is 9.46. The first-order chi connectivity index (χ1) is 15.2. The predicted octanol–water partition coefficient (Wildman–Crippen LogP) is 3.54. The van der Waals surface area contributed by atoms with Gasteiger partial charge in [0.2, 0.25) is 0 Å². The molecule has 8 nitrogen and oxygen atoms in total. The van der Waals surface area contributed by atoms with Crippen LogP contribution in [0.1, 0.15) is 18.1 Å². The fourth-order valence-corrected chi connectivity index (χ4v) is 3.44. The third kappa shape index (κ3) is 4.65. The molecule has 0 fully saturated rings. The van der Waals surface area contributed by atoms with Crippen LogP contribution in [0.5, 0.6) is 5.75 Å². The number of benzene rings is 2. The Balaban J connectivity index is 1.71. The molecule has 0 amide bonds. The first kappa shape index (κ1) is 20.4. The van der Waals surface area contributed by atoms with E-state index in [0.717, 1.165) is 5.56 Å². The van der Waals surface area contributed by atoms with Crippen molar-refractivity contribution in [3.05, 3.63) is 65.7 Å². The summed E-state index contributed by atoms with van der Waals surface area (Å²) in [5.74, 6) is 3.58. The number of phenolic OH excluding ortho intramolecular Hbond substituents is 1. The van der Waals surface area contributed by atoms with Crippen LogP contribution < -0.4 is 5.43 Å². The van der Waals surface area contributed by atoms with Crippen LogP contribution in [0, 0.1) is 12.3 Å². The molecule has 2 heterocycles. The van der Waals surface area contributed by atoms with E-state index in [1.807, 2.05) is 36.4 Å². The maximum atomic E-state index is 10.1. The summed E-state index contributed by atoms with van der Waals surface area (Å²) >= 11 is 1.35. The number of anilines is 1. The molecule has 4 rings (SSSR count). The van der Waals surface area contributed by atoms with Crippen LogP contribution >= 0.6 is 11.8 Å². The van der Waals surface area contributed by atoms with Gasteiger partial charge in [0, 0.05) is 5.56 Å². The Kier molecular flexibility index (Phi) is 6.10. The molecule has 0 saturated carbocycles. The van der Waals surface area contributed by atoms with Crippen LogP contribution in [-0.4, -0.2) is 41.5 Å². The molecule has 31 heavy (non-hydrogen) atoms. The number of aromatic hydroxyl groups is 1. The molecule has 9 heteroatoms. The third-order valence-corrected chi connectivity index (χ3v) is 5.18. The monoisotopic (exact) mass is 429 g/mol. The van der Waals surface area contributed by atoms with Gasteiger partial charge in [-0.2, -0.15) is 5.10 Å². The molecule has 2 aromatic carbocycles. The summed E-state index contributed by atoms with van der Waals surface area (Å²) in [4.78, 5) is 9.10. The fourth-order valence-electron chi connectivity index (χ4n) is 2.92. The highest BCUT2D eigenvalue weighted by Crippen LogP contribution is 2.24.